The van der Waals surface area contributed by atoms with Gasteiger partial charge in [-0.3, -0.25) is 4.79 Å². The number of aryl methyl sites for hydroxylation is 1. The van der Waals surface area contributed by atoms with Crippen LogP contribution in [0.1, 0.15) is 29.8 Å². The van der Waals surface area contributed by atoms with E-state index in [9.17, 15) is 9.18 Å². The molecule has 1 amide bonds. The standard InChI is InChI=1S/C24H25FN4O/c1-17-20(18(2)29(27-17)19-9-4-3-5-10-19)13-14-23(30)26-24-21(25)11-8-12-22(24)28-15-6-7-16-28/h3-5,8-14H,6-7,15-16H2,1-2H3,(H,26,30)/b14-13+. The van der Waals surface area contributed by atoms with Crippen molar-refractivity contribution in [3.63, 3.8) is 0 Å². The van der Waals surface area contributed by atoms with E-state index >= 15 is 0 Å². The highest BCUT2D eigenvalue weighted by Gasteiger charge is 2.19. The van der Waals surface area contributed by atoms with Crippen LogP contribution in [-0.4, -0.2) is 28.8 Å². The van der Waals surface area contributed by atoms with E-state index in [-0.39, 0.29) is 11.6 Å². The van der Waals surface area contributed by atoms with E-state index in [2.05, 4.69) is 15.3 Å². The Morgan fingerprint density at radius 3 is 2.53 bits per heavy atom. The number of hydrogen-bond acceptors (Lipinski definition) is 3. The number of benzene rings is 2. The number of nitrogens with one attached hydrogen (secondary N) is 1. The first-order valence-corrected chi connectivity index (χ1v) is 10.2. The Bertz CT molecular complexity index is 1080. The maximum Gasteiger partial charge on any atom is 0.248 e. The highest BCUT2D eigenvalue weighted by molar-refractivity contribution is 6.04. The van der Waals surface area contributed by atoms with Crippen molar-refractivity contribution in [1.82, 2.24) is 9.78 Å². The molecule has 0 unspecified atom stereocenters. The van der Waals surface area contributed by atoms with Crippen LogP contribution in [0.25, 0.3) is 11.8 Å². The molecule has 1 aliphatic rings. The highest BCUT2D eigenvalue weighted by Crippen LogP contribution is 2.31. The first-order valence-electron chi connectivity index (χ1n) is 10.2. The second-order valence-corrected chi connectivity index (χ2v) is 7.48. The molecule has 2 heterocycles. The Kier molecular flexibility index (Phi) is 5.65. The molecule has 3 aromatic rings. The lowest BCUT2D eigenvalue weighted by Gasteiger charge is -2.21. The Labute approximate surface area is 175 Å². The van der Waals surface area contributed by atoms with E-state index in [1.165, 1.54) is 12.1 Å². The summed E-state index contributed by atoms with van der Waals surface area (Å²) >= 11 is 0. The molecule has 30 heavy (non-hydrogen) atoms. The number of carbonyl (C=O) groups excluding carboxylic acids is 1. The lowest BCUT2D eigenvalue weighted by molar-refractivity contribution is -0.111. The minimum atomic E-state index is -0.426. The molecular weight excluding hydrogens is 379 g/mol. The summed E-state index contributed by atoms with van der Waals surface area (Å²) in [5.74, 6) is -0.794. The van der Waals surface area contributed by atoms with Gasteiger partial charge in [0.05, 0.1) is 17.1 Å². The van der Waals surface area contributed by atoms with Crippen molar-refractivity contribution in [2.24, 2.45) is 0 Å². The van der Waals surface area contributed by atoms with Crippen molar-refractivity contribution < 1.29 is 9.18 Å². The fourth-order valence-electron chi connectivity index (χ4n) is 3.90. The zero-order chi connectivity index (χ0) is 21.1. The summed E-state index contributed by atoms with van der Waals surface area (Å²) in [7, 11) is 0. The van der Waals surface area contributed by atoms with Crippen LogP contribution in [0.4, 0.5) is 15.8 Å². The third kappa shape index (κ3) is 3.99. The van der Waals surface area contributed by atoms with Gasteiger partial charge in [0, 0.05) is 30.4 Å². The lowest BCUT2D eigenvalue weighted by Crippen LogP contribution is -2.21. The lowest BCUT2D eigenvalue weighted by atomic mass is 10.1. The second-order valence-electron chi connectivity index (χ2n) is 7.48. The van der Waals surface area contributed by atoms with Gasteiger partial charge in [0.2, 0.25) is 5.91 Å². The number of carbonyl (C=O) groups is 1. The number of nitrogens with zero attached hydrogens (tertiary/aromatic N) is 3. The maximum absolute atomic E-state index is 14.5. The van der Waals surface area contributed by atoms with E-state index in [0.717, 1.165) is 54.3 Å². The molecule has 2 aromatic carbocycles. The van der Waals surface area contributed by atoms with E-state index in [1.807, 2.05) is 54.9 Å². The number of halogens is 1. The van der Waals surface area contributed by atoms with Gasteiger partial charge in [0.1, 0.15) is 11.5 Å². The molecule has 0 saturated carbocycles. The number of aromatic nitrogens is 2. The fourth-order valence-corrected chi connectivity index (χ4v) is 3.90. The molecule has 6 heteroatoms. The van der Waals surface area contributed by atoms with Gasteiger partial charge >= 0.3 is 0 Å². The molecule has 0 spiro atoms. The van der Waals surface area contributed by atoms with Gasteiger partial charge in [-0.05, 0) is 57.0 Å². The Morgan fingerprint density at radius 1 is 1.07 bits per heavy atom. The van der Waals surface area contributed by atoms with E-state index < -0.39 is 5.82 Å². The average molecular weight is 404 g/mol. The minimum Gasteiger partial charge on any atom is -0.370 e. The van der Waals surface area contributed by atoms with E-state index in [4.69, 9.17) is 0 Å². The highest BCUT2D eigenvalue weighted by atomic mass is 19.1. The predicted octanol–water partition coefficient (Wildman–Crippen LogP) is 4.88. The molecule has 5 nitrogen and oxygen atoms in total. The maximum atomic E-state index is 14.5. The van der Waals surface area contributed by atoms with Crippen molar-refractivity contribution in [1.29, 1.82) is 0 Å². The molecule has 1 saturated heterocycles. The largest absolute Gasteiger partial charge is 0.370 e. The molecule has 0 radical (unpaired) electrons. The number of anilines is 2. The summed E-state index contributed by atoms with van der Waals surface area (Å²) in [6.45, 7) is 5.62. The fraction of sp³-hybridized carbons (Fsp3) is 0.250. The third-order valence-corrected chi connectivity index (χ3v) is 5.44. The Hall–Kier alpha value is -3.41. The Balaban J connectivity index is 1.55. The van der Waals surface area contributed by atoms with Crippen molar-refractivity contribution in [2.45, 2.75) is 26.7 Å². The number of amides is 1. The molecule has 1 N–H and O–H groups in total. The van der Waals surface area contributed by atoms with Crippen molar-refractivity contribution in [3.05, 3.63) is 77.4 Å². The minimum absolute atomic E-state index is 0.238. The van der Waals surface area contributed by atoms with Crippen LogP contribution >= 0.6 is 0 Å². The molecule has 0 aliphatic carbocycles. The van der Waals surface area contributed by atoms with Crippen LogP contribution in [0, 0.1) is 19.7 Å². The molecule has 1 fully saturated rings. The van der Waals surface area contributed by atoms with Gasteiger partial charge in [-0.25, -0.2) is 9.07 Å². The molecular formula is C24H25FN4O. The first kappa shape index (κ1) is 19.9. The van der Waals surface area contributed by atoms with Crippen molar-refractivity contribution in [3.8, 4) is 5.69 Å². The van der Waals surface area contributed by atoms with Gasteiger partial charge in [-0.15, -0.1) is 0 Å². The van der Waals surface area contributed by atoms with Crippen LogP contribution in [0.15, 0.2) is 54.6 Å². The molecule has 0 bridgehead atoms. The van der Waals surface area contributed by atoms with Crippen LogP contribution in [0.3, 0.4) is 0 Å². The van der Waals surface area contributed by atoms with Gasteiger partial charge < -0.3 is 10.2 Å². The van der Waals surface area contributed by atoms with Crippen LogP contribution in [0.2, 0.25) is 0 Å². The van der Waals surface area contributed by atoms with Crippen LogP contribution in [-0.2, 0) is 4.79 Å². The summed E-state index contributed by atoms with van der Waals surface area (Å²) in [6, 6.07) is 14.7. The van der Waals surface area contributed by atoms with Gasteiger partial charge in [-0.2, -0.15) is 5.10 Å². The zero-order valence-corrected chi connectivity index (χ0v) is 17.2. The van der Waals surface area contributed by atoms with Crippen LogP contribution < -0.4 is 10.2 Å². The second kappa shape index (κ2) is 8.53. The molecule has 0 atom stereocenters. The quantitative estimate of drug-likeness (QED) is 0.617. The van der Waals surface area contributed by atoms with E-state index in [1.54, 1.807) is 12.1 Å². The van der Waals surface area contributed by atoms with Crippen molar-refractivity contribution >= 4 is 23.4 Å². The normalized spacial score (nSPS) is 13.9. The smallest absolute Gasteiger partial charge is 0.248 e. The summed E-state index contributed by atoms with van der Waals surface area (Å²) in [5, 5.41) is 7.32. The SMILES string of the molecule is Cc1nn(-c2ccccc2)c(C)c1/C=C/C(=O)Nc1c(F)cccc1N1CCCC1. The third-order valence-electron chi connectivity index (χ3n) is 5.44. The average Bonchev–Trinajstić information content (AvgIpc) is 3.37. The van der Waals surface area contributed by atoms with E-state index in [0.29, 0.717) is 0 Å². The molecule has 1 aliphatic heterocycles. The number of rotatable bonds is 5. The Morgan fingerprint density at radius 2 is 1.80 bits per heavy atom. The molecule has 1 aromatic heterocycles. The first-order chi connectivity index (χ1) is 14.5. The molecule has 4 rings (SSSR count). The van der Waals surface area contributed by atoms with Gasteiger partial charge in [0.15, 0.2) is 0 Å². The summed E-state index contributed by atoms with van der Waals surface area (Å²) in [5.41, 5.74) is 4.57. The van der Waals surface area contributed by atoms with Gasteiger partial charge in [-0.1, -0.05) is 24.3 Å². The van der Waals surface area contributed by atoms with Gasteiger partial charge in [0.25, 0.3) is 0 Å². The predicted molar refractivity (Wildman–Crippen MR) is 119 cm³/mol. The summed E-state index contributed by atoms with van der Waals surface area (Å²) < 4.78 is 16.3. The molecule has 154 valence electrons. The topological polar surface area (TPSA) is 50.2 Å². The summed E-state index contributed by atoms with van der Waals surface area (Å²) in [4.78, 5) is 14.7. The van der Waals surface area contributed by atoms with Crippen molar-refractivity contribution in [2.75, 3.05) is 23.3 Å². The number of hydrogen-bond donors (Lipinski definition) is 1. The summed E-state index contributed by atoms with van der Waals surface area (Å²) in [6.07, 6.45) is 5.33. The van der Waals surface area contributed by atoms with Crippen LogP contribution in [0.5, 0.6) is 0 Å². The number of para-hydroxylation sites is 2. The monoisotopic (exact) mass is 404 g/mol. The zero-order valence-electron chi connectivity index (χ0n) is 17.2.